The molecule has 1 rings (SSSR count). The molecule has 1 heterocycles. The fraction of sp³-hybridized carbons (Fsp3) is 0.909. The molecule has 2 N–H and O–H groups in total. The highest BCUT2D eigenvalue weighted by atomic mass is 16.3. The number of aliphatic hydroxyl groups excluding tert-OH is 1. The highest BCUT2D eigenvalue weighted by Gasteiger charge is 2.19. The van der Waals surface area contributed by atoms with Crippen molar-refractivity contribution in [3.63, 3.8) is 0 Å². The van der Waals surface area contributed by atoms with E-state index in [-0.39, 0.29) is 6.61 Å². The molecule has 0 spiro atoms. The largest absolute Gasteiger partial charge is 0.395 e. The Balaban J connectivity index is 1.80. The molecule has 0 aromatic heterocycles. The summed E-state index contributed by atoms with van der Waals surface area (Å²) in [5.41, 5.74) is 0. The Morgan fingerprint density at radius 1 is 0.880 bits per heavy atom. The Bertz CT molecular complexity index is 306. The Morgan fingerprint density at radius 3 is 2.00 bits per heavy atom. The third kappa shape index (κ3) is 12.6. The molecule has 1 aliphatic rings. The van der Waals surface area contributed by atoms with Gasteiger partial charge in [0.1, 0.15) is 0 Å². The molecule has 0 aromatic carbocycles. The van der Waals surface area contributed by atoms with Crippen molar-refractivity contribution in [1.82, 2.24) is 10.2 Å². The maximum absolute atomic E-state index is 9.05. The summed E-state index contributed by atoms with van der Waals surface area (Å²) in [5.74, 6) is 0. The lowest BCUT2D eigenvalue weighted by Gasteiger charge is -2.19. The summed E-state index contributed by atoms with van der Waals surface area (Å²) in [6.07, 6.45) is 24.6. The van der Waals surface area contributed by atoms with E-state index in [1.54, 1.807) is 0 Å². The van der Waals surface area contributed by atoms with Crippen molar-refractivity contribution in [2.24, 2.45) is 0 Å². The van der Waals surface area contributed by atoms with Crippen molar-refractivity contribution in [2.45, 2.75) is 103 Å². The zero-order chi connectivity index (χ0) is 18.0. The predicted molar refractivity (Wildman–Crippen MR) is 110 cm³/mol. The van der Waals surface area contributed by atoms with Crippen LogP contribution in [0.5, 0.6) is 0 Å². The van der Waals surface area contributed by atoms with Gasteiger partial charge in [-0.1, -0.05) is 96.1 Å². The average Bonchev–Trinajstić information content (AvgIpc) is 3.06. The molecule has 1 fully saturated rings. The van der Waals surface area contributed by atoms with Crippen molar-refractivity contribution in [3.8, 4) is 0 Å². The minimum atomic E-state index is 0.255. The molecule has 3 nitrogen and oxygen atoms in total. The fourth-order valence-corrected chi connectivity index (χ4v) is 3.70. The Kier molecular flexibility index (Phi) is 15.5. The Labute approximate surface area is 157 Å². The van der Waals surface area contributed by atoms with Crippen LogP contribution in [0.2, 0.25) is 0 Å². The summed E-state index contributed by atoms with van der Waals surface area (Å²) >= 11 is 0. The van der Waals surface area contributed by atoms with Gasteiger partial charge < -0.3 is 5.11 Å². The van der Waals surface area contributed by atoms with Crippen molar-refractivity contribution >= 4 is 0 Å². The van der Waals surface area contributed by atoms with Gasteiger partial charge in [-0.25, -0.2) is 0 Å². The first-order valence-electron chi connectivity index (χ1n) is 11.1. The Morgan fingerprint density at radius 2 is 1.44 bits per heavy atom. The molecule has 0 saturated carbocycles. The van der Waals surface area contributed by atoms with Gasteiger partial charge in [0.25, 0.3) is 0 Å². The van der Waals surface area contributed by atoms with Gasteiger partial charge in [0.15, 0.2) is 0 Å². The molecule has 0 amide bonds. The van der Waals surface area contributed by atoms with E-state index < -0.39 is 0 Å². The number of allylic oxidation sites excluding steroid dienone is 1. The molecule has 1 saturated heterocycles. The van der Waals surface area contributed by atoms with E-state index in [1.165, 1.54) is 89.9 Å². The lowest BCUT2D eigenvalue weighted by atomic mass is 10.0. The minimum Gasteiger partial charge on any atom is -0.395 e. The highest BCUT2D eigenvalue weighted by molar-refractivity contribution is 4.96. The molecule has 1 atom stereocenters. The number of nitrogens with zero attached hydrogens (tertiary/aromatic N) is 1. The van der Waals surface area contributed by atoms with Crippen LogP contribution < -0.4 is 5.32 Å². The van der Waals surface area contributed by atoms with Gasteiger partial charge in [-0.05, 0) is 12.8 Å². The number of rotatable bonds is 17. The monoisotopic (exact) mass is 352 g/mol. The van der Waals surface area contributed by atoms with Crippen molar-refractivity contribution in [3.05, 3.63) is 12.2 Å². The molecular weight excluding hydrogens is 308 g/mol. The van der Waals surface area contributed by atoms with Crippen LogP contribution in [0.25, 0.3) is 0 Å². The molecule has 1 unspecified atom stereocenters. The summed E-state index contributed by atoms with van der Waals surface area (Å²) in [5, 5.41) is 12.5. The number of hydrogen-bond donors (Lipinski definition) is 2. The van der Waals surface area contributed by atoms with Crippen molar-refractivity contribution in [1.29, 1.82) is 0 Å². The fourth-order valence-electron chi connectivity index (χ4n) is 3.70. The predicted octanol–water partition coefficient (Wildman–Crippen LogP) is 5.25. The van der Waals surface area contributed by atoms with E-state index in [9.17, 15) is 0 Å². The quantitative estimate of drug-likeness (QED) is 0.277. The molecule has 3 heteroatoms. The smallest absolute Gasteiger partial charge is 0.0791 e. The van der Waals surface area contributed by atoms with E-state index >= 15 is 0 Å². The van der Waals surface area contributed by atoms with Gasteiger partial charge in [-0.2, -0.15) is 0 Å². The Hall–Kier alpha value is -0.380. The summed E-state index contributed by atoms with van der Waals surface area (Å²) < 4.78 is 0. The van der Waals surface area contributed by atoms with Gasteiger partial charge in [-0.15, -0.1) is 0 Å². The third-order valence-corrected chi connectivity index (χ3v) is 5.33. The first-order valence-corrected chi connectivity index (χ1v) is 11.1. The van der Waals surface area contributed by atoms with E-state index in [2.05, 4.69) is 29.3 Å². The standard InChI is InChI=1S/C22H44N2O/c1-2-3-4-5-6-7-8-9-10-11-12-13-14-15-16-17-22-23-18-19-24(22)20-21-25/h16-17,22-23,25H,2-15,18-21H2,1H3. The van der Waals surface area contributed by atoms with Crippen LogP contribution in [0.1, 0.15) is 96.8 Å². The second kappa shape index (κ2) is 17.1. The van der Waals surface area contributed by atoms with E-state index in [4.69, 9.17) is 5.11 Å². The van der Waals surface area contributed by atoms with E-state index in [0.29, 0.717) is 6.17 Å². The molecule has 148 valence electrons. The van der Waals surface area contributed by atoms with Crippen LogP contribution in [0.3, 0.4) is 0 Å². The van der Waals surface area contributed by atoms with Gasteiger partial charge in [-0.3, -0.25) is 10.2 Å². The first kappa shape index (κ1) is 22.7. The second-order valence-corrected chi connectivity index (χ2v) is 7.62. The van der Waals surface area contributed by atoms with Gasteiger partial charge in [0.2, 0.25) is 0 Å². The van der Waals surface area contributed by atoms with Crippen molar-refractivity contribution in [2.75, 3.05) is 26.2 Å². The average molecular weight is 353 g/mol. The number of hydrogen-bond acceptors (Lipinski definition) is 3. The summed E-state index contributed by atoms with van der Waals surface area (Å²) in [6.45, 7) is 5.41. The third-order valence-electron chi connectivity index (χ3n) is 5.33. The van der Waals surface area contributed by atoms with Crippen LogP contribution in [0.15, 0.2) is 12.2 Å². The zero-order valence-electron chi connectivity index (χ0n) is 16.9. The normalized spacial score (nSPS) is 18.6. The second-order valence-electron chi connectivity index (χ2n) is 7.62. The molecule has 0 aliphatic carbocycles. The number of nitrogens with one attached hydrogen (secondary N) is 1. The molecule has 1 aliphatic heterocycles. The van der Waals surface area contributed by atoms with E-state index in [1.807, 2.05) is 0 Å². The number of β-amino-alcohol motifs (C(OH)–C–C–N with tert-alkyl or cyclic N) is 1. The van der Waals surface area contributed by atoms with Crippen LogP contribution in [-0.4, -0.2) is 42.4 Å². The summed E-state index contributed by atoms with van der Waals surface area (Å²) in [6, 6.07) is 0. The van der Waals surface area contributed by atoms with Crippen LogP contribution in [-0.2, 0) is 0 Å². The SMILES string of the molecule is CCCCCCCCCCCCCCCC=CC1NCCN1CCO. The van der Waals surface area contributed by atoms with Crippen LogP contribution in [0, 0.1) is 0 Å². The maximum atomic E-state index is 9.05. The summed E-state index contributed by atoms with van der Waals surface area (Å²) in [7, 11) is 0. The van der Waals surface area contributed by atoms with Gasteiger partial charge in [0, 0.05) is 19.6 Å². The zero-order valence-corrected chi connectivity index (χ0v) is 16.9. The number of aliphatic hydroxyl groups is 1. The lowest BCUT2D eigenvalue weighted by molar-refractivity contribution is 0.198. The summed E-state index contributed by atoms with van der Waals surface area (Å²) in [4.78, 5) is 2.31. The lowest BCUT2D eigenvalue weighted by Crippen LogP contribution is -2.35. The molecule has 0 bridgehead atoms. The molecular formula is C22H44N2O. The maximum Gasteiger partial charge on any atom is 0.0791 e. The highest BCUT2D eigenvalue weighted by Crippen LogP contribution is 2.13. The van der Waals surface area contributed by atoms with Gasteiger partial charge in [0.05, 0.1) is 12.8 Å². The molecule has 25 heavy (non-hydrogen) atoms. The van der Waals surface area contributed by atoms with Crippen LogP contribution >= 0.6 is 0 Å². The van der Waals surface area contributed by atoms with Gasteiger partial charge >= 0.3 is 0 Å². The minimum absolute atomic E-state index is 0.255. The number of unbranched alkanes of at least 4 members (excludes halogenated alkanes) is 13. The van der Waals surface area contributed by atoms with E-state index in [0.717, 1.165) is 19.6 Å². The van der Waals surface area contributed by atoms with Crippen molar-refractivity contribution < 1.29 is 5.11 Å². The topological polar surface area (TPSA) is 35.5 Å². The molecule has 0 aromatic rings. The molecule has 0 radical (unpaired) electrons. The van der Waals surface area contributed by atoms with Crippen LogP contribution in [0.4, 0.5) is 0 Å². The first-order chi connectivity index (χ1) is 12.4.